The molecule has 0 saturated heterocycles. The molecule has 1 N–H and O–H groups in total. The van der Waals surface area contributed by atoms with E-state index in [0.29, 0.717) is 12.1 Å². The lowest BCUT2D eigenvalue weighted by atomic mass is 9.94. The Morgan fingerprint density at radius 2 is 1.62 bits per heavy atom. The van der Waals surface area contributed by atoms with Gasteiger partial charge in [-0.3, -0.25) is 0 Å². The molecule has 0 bridgehead atoms. The van der Waals surface area contributed by atoms with Crippen molar-refractivity contribution in [3.63, 3.8) is 0 Å². The minimum atomic E-state index is 0.270. The smallest absolute Gasteiger partial charge is 0.117 e. The van der Waals surface area contributed by atoms with Crippen LogP contribution in [0, 0.1) is 0 Å². The summed E-state index contributed by atoms with van der Waals surface area (Å²) in [5.74, 6) is 0. The monoisotopic (exact) mass is 319 g/mol. The third-order valence-electron chi connectivity index (χ3n) is 3.20. The zero-order valence-electron chi connectivity index (χ0n) is 11.6. The molecule has 0 heterocycles. The molecule has 2 nitrogen and oxygen atoms in total. The second kappa shape index (κ2) is 7.30. The number of benzene rings is 2. The molecule has 2 rings (SSSR count). The van der Waals surface area contributed by atoms with Gasteiger partial charge in [0.15, 0.2) is 0 Å². The van der Waals surface area contributed by atoms with Gasteiger partial charge < -0.3 is 5.21 Å². The maximum absolute atomic E-state index is 9.42. The molecule has 0 aromatic heterocycles. The van der Waals surface area contributed by atoms with Gasteiger partial charge in [0.2, 0.25) is 0 Å². The number of oxime groups is 1. The van der Waals surface area contributed by atoms with Crippen LogP contribution in [-0.4, -0.2) is 10.9 Å². The Hall–Kier alpha value is -1.77. The van der Waals surface area contributed by atoms with E-state index in [0.717, 1.165) is 22.3 Å². The quantitative estimate of drug-likeness (QED) is 0.471. The Kier molecular flexibility index (Phi) is 5.43. The Balaban J connectivity index is 2.47. The van der Waals surface area contributed by atoms with Gasteiger partial charge >= 0.3 is 0 Å². The third-order valence-corrected chi connectivity index (χ3v) is 3.84. The Morgan fingerprint density at radius 1 is 1.00 bits per heavy atom. The largest absolute Gasteiger partial charge is 0.410 e. The Morgan fingerprint density at radius 3 is 2.24 bits per heavy atom. The van der Waals surface area contributed by atoms with Crippen LogP contribution in [0.15, 0.2) is 69.8 Å². The Labute approximate surface area is 134 Å². The lowest BCUT2D eigenvalue weighted by molar-refractivity contribution is 0.319. The van der Waals surface area contributed by atoms with E-state index in [4.69, 9.17) is 23.2 Å². The summed E-state index contributed by atoms with van der Waals surface area (Å²) in [4.78, 5) is 0. The zero-order chi connectivity index (χ0) is 15.2. The van der Waals surface area contributed by atoms with Crippen molar-refractivity contribution in [1.29, 1.82) is 0 Å². The summed E-state index contributed by atoms with van der Waals surface area (Å²) in [5, 5.41) is 12.9. The average Bonchev–Trinajstić information content (AvgIpc) is 2.50. The molecule has 0 radical (unpaired) electrons. The normalized spacial score (nSPS) is 11.3. The van der Waals surface area contributed by atoms with Crippen molar-refractivity contribution in [2.45, 2.75) is 13.3 Å². The van der Waals surface area contributed by atoms with Crippen molar-refractivity contribution >= 4 is 28.9 Å². The van der Waals surface area contributed by atoms with E-state index in [-0.39, 0.29) is 4.49 Å². The topological polar surface area (TPSA) is 32.6 Å². The number of hydrogen-bond acceptors (Lipinski definition) is 2. The van der Waals surface area contributed by atoms with Gasteiger partial charge in [0.1, 0.15) is 10.2 Å². The maximum atomic E-state index is 9.42. The van der Waals surface area contributed by atoms with Crippen LogP contribution in [0.3, 0.4) is 0 Å². The van der Waals surface area contributed by atoms with Crippen LogP contribution >= 0.6 is 23.2 Å². The minimum absolute atomic E-state index is 0.270. The summed E-state index contributed by atoms with van der Waals surface area (Å²) in [6, 6.07) is 17.3. The molecule has 0 fully saturated rings. The fourth-order valence-electron chi connectivity index (χ4n) is 2.12. The van der Waals surface area contributed by atoms with E-state index in [1.807, 2.05) is 61.5 Å². The molecule has 2 aromatic rings. The van der Waals surface area contributed by atoms with E-state index < -0.39 is 0 Å². The van der Waals surface area contributed by atoms with Crippen LogP contribution in [0.5, 0.6) is 0 Å². The van der Waals surface area contributed by atoms with Gasteiger partial charge in [0.25, 0.3) is 0 Å². The number of nitrogens with zero attached hydrogens (tertiary/aromatic N) is 1. The van der Waals surface area contributed by atoms with Crippen molar-refractivity contribution in [3.05, 3.63) is 81.4 Å². The molecule has 108 valence electrons. The predicted octanol–water partition coefficient (Wildman–Crippen LogP) is 5.16. The fourth-order valence-corrected chi connectivity index (χ4v) is 2.25. The second-order valence-electron chi connectivity index (χ2n) is 4.69. The molecule has 4 heteroatoms. The first kappa shape index (κ1) is 15.6. The van der Waals surface area contributed by atoms with Gasteiger partial charge in [0, 0.05) is 11.1 Å². The van der Waals surface area contributed by atoms with Gasteiger partial charge in [0.05, 0.1) is 0 Å². The average molecular weight is 320 g/mol. The van der Waals surface area contributed by atoms with E-state index in [1.165, 1.54) is 0 Å². The van der Waals surface area contributed by atoms with Crippen molar-refractivity contribution in [2.24, 2.45) is 5.16 Å². The molecule has 0 unspecified atom stereocenters. The molecule has 0 aliphatic rings. The molecule has 21 heavy (non-hydrogen) atoms. The molecule has 0 aliphatic heterocycles. The number of hydrogen-bond donors (Lipinski definition) is 1. The Bertz CT molecular complexity index is 674. The second-order valence-corrected chi connectivity index (χ2v) is 5.64. The summed E-state index contributed by atoms with van der Waals surface area (Å²) in [6.07, 6.45) is 0.602. The molecular formula is C17H15Cl2NO. The first-order valence-electron chi connectivity index (χ1n) is 6.50. The van der Waals surface area contributed by atoms with E-state index in [2.05, 4.69) is 5.16 Å². The summed E-state index contributed by atoms with van der Waals surface area (Å²) in [5.41, 5.74) is 4.12. The number of rotatable bonds is 4. The highest BCUT2D eigenvalue weighted by atomic mass is 35.5. The third kappa shape index (κ3) is 3.87. The summed E-state index contributed by atoms with van der Waals surface area (Å²) in [7, 11) is 0. The first-order chi connectivity index (χ1) is 10.1. The standard InChI is InChI=1S/C17H15Cl2NO/c1-12(17(18)19)11-14-9-5-6-10-15(14)16(20-21)13-7-3-2-4-8-13/h2-10,21H,11H2,1H3/b20-16+. The van der Waals surface area contributed by atoms with Crippen LogP contribution in [0.2, 0.25) is 0 Å². The lowest BCUT2D eigenvalue weighted by Crippen LogP contribution is -2.07. The van der Waals surface area contributed by atoms with E-state index >= 15 is 0 Å². The SMILES string of the molecule is CC(Cc1ccccc1/C(=N/O)c1ccccc1)=C(Cl)Cl. The van der Waals surface area contributed by atoms with Crippen molar-refractivity contribution in [1.82, 2.24) is 0 Å². The van der Waals surface area contributed by atoms with Crippen LogP contribution in [0.1, 0.15) is 23.6 Å². The van der Waals surface area contributed by atoms with E-state index in [9.17, 15) is 5.21 Å². The highest BCUT2D eigenvalue weighted by molar-refractivity contribution is 6.56. The predicted molar refractivity (Wildman–Crippen MR) is 88.4 cm³/mol. The van der Waals surface area contributed by atoms with Crippen LogP contribution in [-0.2, 0) is 6.42 Å². The van der Waals surface area contributed by atoms with Gasteiger partial charge in [-0.05, 0) is 24.5 Å². The molecule has 0 amide bonds. The van der Waals surface area contributed by atoms with Crippen LogP contribution in [0.25, 0.3) is 0 Å². The van der Waals surface area contributed by atoms with Crippen molar-refractivity contribution in [3.8, 4) is 0 Å². The molecule has 0 aliphatic carbocycles. The molecular weight excluding hydrogens is 305 g/mol. The molecule has 2 aromatic carbocycles. The van der Waals surface area contributed by atoms with Gasteiger partial charge in [-0.25, -0.2) is 0 Å². The van der Waals surface area contributed by atoms with Crippen LogP contribution < -0.4 is 0 Å². The molecule has 0 saturated carbocycles. The van der Waals surface area contributed by atoms with Crippen molar-refractivity contribution < 1.29 is 5.21 Å². The first-order valence-corrected chi connectivity index (χ1v) is 7.25. The summed E-state index contributed by atoms with van der Waals surface area (Å²) in [6.45, 7) is 1.88. The van der Waals surface area contributed by atoms with Gasteiger partial charge in [-0.1, -0.05) is 83.0 Å². The lowest BCUT2D eigenvalue weighted by Gasteiger charge is -2.11. The van der Waals surface area contributed by atoms with E-state index in [1.54, 1.807) is 0 Å². The fraction of sp³-hybridized carbons (Fsp3) is 0.118. The molecule has 0 spiro atoms. The summed E-state index contributed by atoms with van der Waals surface area (Å²) >= 11 is 11.7. The highest BCUT2D eigenvalue weighted by Crippen LogP contribution is 2.22. The maximum Gasteiger partial charge on any atom is 0.117 e. The zero-order valence-corrected chi connectivity index (χ0v) is 13.1. The molecule has 0 atom stereocenters. The van der Waals surface area contributed by atoms with Crippen molar-refractivity contribution in [2.75, 3.05) is 0 Å². The highest BCUT2D eigenvalue weighted by Gasteiger charge is 2.12. The van der Waals surface area contributed by atoms with Gasteiger partial charge in [-0.15, -0.1) is 0 Å². The number of halogens is 2. The minimum Gasteiger partial charge on any atom is -0.410 e. The van der Waals surface area contributed by atoms with Gasteiger partial charge in [-0.2, -0.15) is 0 Å². The summed E-state index contributed by atoms with van der Waals surface area (Å²) < 4.78 is 0.270. The number of allylic oxidation sites excluding steroid dienone is 1. The van der Waals surface area contributed by atoms with Crippen LogP contribution in [0.4, 0.5) is 0 Å².